The van der Waals surface area contributed by atoms with Gasteiger partial charge in [0.05, 0.1) is 0 Å². The van der Waals surface area contributed by atoms with E-state index < -0.39 is 6.10 Å². The number of amides is 2. The van der Waals surface area contributed by atoms with Gasteiger partial charge in [0, 0.05) is 13.1 Å². The van der Waals surface area contributed by atoms with Crippen molar-refractivity contribution in [2.45, 2.75) is 13.0 Å². The van der Waals surface area contributed by atoms with Crippen molar-refractivity contribution in [3.63, 3.8) is 0 Å². The molecule has 19 heavy (non-hydrogen) atoms. The van der Waals surface area contributed by atoms with Crippen molar-refractivity contribution in [2.24, 2.45) is 0 Å². The molecule has 5 heteroatoms. The lowest BCUT2D eigenvalue weighted by Gasteiger charge is -2.13. The van der Waals surface area contributed by atoms with Gasteiger partial charge in [-0.05, 0) is 24.6 Å². The summed E-state index contributed by atoms with van der Waals surface area (Å²) in [5, 5.41) is 14.8. The van der Waals surface area contributed by atoms with Crippen LogP contribution in [-0.2, 0) is 0 Å². The van der Waals surface area contributed by atoms with E-state index >= 15 is 0 Å². The van der Waals surface area contributed by atoms with Crippen LogP contribution in [0.15, 0.2) is 36.9 Å². The number of rotatable bonds is 7. The fourth-order valence-electron chi connectivity index (χ4n) is 1.39. The van der Waals surface area contributed by atoms with Gasteiger partial charge in [-0.25, -0.2) is 4.79 Å². The topological polar surface area (TPSA) is 70.6 Å². The Balaban J connectivity index is 2.22. The first-order valence-corrected chi connectivity index (χ1v) is 6.12. The van der Waals surface area contributed by atoms with Crippen molar-refractivity contribution >= 4 is 6.03 Å². The van der Waals surface area contributed by atoms with Crippen LogP contribution < -0.4 is 15.4 Å². The third-order valence-corrected chi connectivity index (χ3v) is 2.34. The molecule has 0 aromatic heterocycles. The Hall–Kier alpha value is -2.01. The summed E-state index contributed by atoms with van der Waals surface area (Å²) in [5.41, 5.74) is 1.09. The molecule has 3 N–H and O–H groups in total. The van der Waals surface area contributed by atoms with Gasteiger partial charge in [0.15, 0.2) is 0 Å². The van der Waals surface area contributed by atoms with Gasteiger partial charge in [0.2, 0.25) is 0 Å². The van der Waals surface area contributed by atoms with Crippen molar-refractivity contribution < 1.29 is 14.6 Å². The van der Waals surface area contributed by atoms with Crippen molar-refractivity contribution in [1.82, 2.24) is 10.6 Å². The molecule has 0 saturated carbocycles. The Morgan fingerprint density at radius 1 is 1.53 bits per heavy atom. The van der Waals surface area contributed by atoms with Gasteiger partial charge in [0.25, 0.3) is 0 Å². The number of carbonyl (C=O) groups excluding carboxylic acids is 1. The third kappa shape index (κ3) is 6.47. The highest BCUT2D eigenvalue weighted by molar-refractivity contribution is 5.73. The Morgan fingerprint density at radius 3 is 3.00 bits per heavy atom. The van der Waals surface area contributed by atoms with Crippen molar-refractivity contribution in [3.8, 4) is 5.75 Å². The molecular formula is C14H20N2O3. The Bertz CT molecular complexity index is 421. The first-order chi connectivity index (χ1) is 9.11. The van der Waals surface area contributed by atoms with E-state index in [1.165, 1.54) is 0 Å². The minimum Gasteiger partial charge on any atom is -0.491 e. The molecule has 0 heterocycles. The van der Waals surface area contributed by atoms with Gasteiger partial charge in [-0.1, -0.05) is 18.2 Å². The van der Waals surface area contributed by atoms with Gasteiger partial charge >= 0.3 is 6.03 Å². The number of aryl methyl sites for hydroxylation is 1. The zero-order valence-corrected chi connectivity index (χ0v) is 11.1. The lowest BCUT2D eigenvalue weighted by atomic mass is 10.2. The van der Waals surface area contributed by atoms with E-state index in [0.29, 0.717) is 12.3 Å². The largest absolute Gasteiger partial charge is 0.491 e. The van der Waals surface area contributed by atoms with Crippen LogP contribution in [-0.4, -0.2) is 36.9 Å². The summed E-state index contributed by atoms with van der Waals surface area (Å²) in [6.45, 7) is 6.11. The number of urea groups is 1. The maximum atomic E-state index is 11.2. The molecule has 1 aromatic carbocycles. The maximum absolute atomic E-state index is 11.2. The molecule has 0 bridgehead atoms. The zero-order chi connectivity index (χ0) is 14.1. The number of benzene rings is 1. The lowest BCUT2D eigenvalue weighted by Crippen LogP contribution is -2.41. The first-order valence-electron chi connectivity index (χ1n) is 6.12. The highest BCUT2D eigenvalue weighted by Gasteiger charge is 2.07. The Labute approximate surface area is 113 Å². The van der Waals surface area contributed by atoms with Crippen molar-refractivity contribution in [2.75, 3.05) is 19.7 Å². The summed E-state index contributed by atoms with van der Waals surface area (Å²) in [7, 11) is 0. The molecule has 0 radical (unpaired) electrons. The van der Waals surface area contributed by atoms with Crippen LogP contribution in [0.3, 0.4) is 0 Å². The highest BCUT2D eigenvalue weighted by Crippen LogP contribution is 2.12. The van der Waals surface area contributed by atoms with Crippen molar-refractivity contribution in [3.05, 3.63) is 42.5 Å². The first kappa shape index (κ1) is 15.0. The fraction of sp³-hybridized carbons (Fsp3) is 0.357. The van der Waals surface area contributed by atoms with Crippen LogP contribution in [0, 0.1) is 6.92 Å². The Morgan fingerprint density at radius 2 is 2.32 bits per heavy atom. The molecule has 0 aliphatic rings. The molecule has 0 fully saturated rings. The predicted molar refractivity (Wildman–Crippen MR) is 74.3 cm³/mol. The molecule has 0 spiro atoms. The van der Waals surface area contributed by atoms with Gasteiger partial charge in [-0.3, -0.25) is 0 Å². The van der Waals surface area contributed by atoms with Gasteiger partial charge < -0.3 is 20.5 Å². The van der Waals surface area contributed by atoms with E-state index in [2.05, 4.69) is 17.2 Å². The van der Waals surface area contributed by atoms with Gasteiger partial charge in [-0.2, -0.15) is 0 Å². The summed E-state index contributed by atoms with van der Waals surface area (Å²) in [4.78, 5) is 11.2. The van der Waals surface area contributed by atoms with E-state index in [9.17, 15) is 9.90 Å². The molecule has 1 unspecified atom stereocenters. The molecule has 0 aliphatic carbocycles. The molecular weight excluding hydrogens is 244 g/mol. The smallest absolute Gasteiger partial charge is 0.315 e. The average Bonchev–Trinajstić information content (AvgIpc) is 2.40. The summed E-state index contributed by atoms with van der Waals surface area (Å²) in [6.07, 6.45) is 0.826. The lowest BCUT2D eigenvalue weighted by molar-refractivity contribution is 0.108. The molecule has 0 saturated heterocycles. The summed E-state index contributed by atoms with van der Waals surface area (Å²) in [6, 6.07) is 7.22. The highest BCUT2D eigenvalue weighted by atomic mass is 16.5. The second-order valence-electron chi connectivity index (χ2n) is 4.16. The molecule has 0 aliphatic heterocycles. The molecule has 104 valence electrons. The average molecular weight is 264 g/mol. The minimum atomic E-state index is -0.755. The predicted octanol–water partition coefficient (Wildman–Crippen LogP) is 1.22. The monoisotopic (exact) mass is 264 g/mol. The molecule has 5 nitrogen and oxygen atoms in total. The Kier molecular flexibility index (Phi) is 6.46. The second kappa shape index (κ2) is 8.16. The number of aliphatic hydroxyl groups excluding tert-OH is 1. The number of aliphatic hydroxyl groups is 1. The number of nitrogens with one attached hydrogen (secondary N) is 2. The van der Waals surface area contributed by atoms with Crippen molar-refractivity contribution in [1.29, 1.82) is 0 Å². The third-order valence-electron chi connectivity index (χ3n) is 2.34. The van der Waals surface area contributed by atoms with Crippen LogP contribution >= 0.6 is 0 Å². The number of hydrogen-bond donors (Lipinski definition) is 3. The second-order valence-corrected chi connectivity index (χ2v) is 4.16. The van der Waals surface area contributed by atoms with Crippen LogP contribution in [0.2, 0.25) is 0 Å². The number of ether oxygens (including phenoxy) is 1. The zero-order valence-electron chi connectivity index (χ0n) is 11.1. The molecule has 1 rings (SSSR count). The standard InChI is InChI=1S/C14H20N2O3/c1-3-7-15-14(18)16-9-12(17)10-19-13-6-4-5-11(2)8-13/h3-6,8,12,17H,1,7,9-10H2,2H3,(H2,15,16,18). The SMILES string of the molecule is C=CCNC(=O)NCC(O)COc1cccc(C)c1. The normalized spacial score (nSPS) is 11.5. The van der Waals surface area contributed by atoms with Crippen LogP contribution in [0.4, 0.5) is 4.79 Å². The van der Waals surface area contributed by atoms with E-state index in [1.807, 2.05) is 31.2 Å². The number of carbonyl (C=O) groups is 1. The molecule has 2 amide bonds. The van der Waals surface area contributed by atoms with E-state index in [0.717, 1.165) is 5.56 Å². The van der Waals surface area contributed by atoms with E-state index in [1.54, 1.807) is 6.08 Å². The minimum absolute atomic E-state index is 0.130. The molecule has 1 atom stereocenters. The van der Waals surface area contributed by atoms with E-state index in [4.69, 9.17) is 4.74 Å². The summed E-state index contributed by atoms with van der Waals surface area (Å²) >= 11 is 0. The summed E-state index contributed by atoms with van der Waals surface area (Å²) in [5.74, 6) is 0.704. The maximum Gasteiger partial charge on any atom is 0.315 e. The van der Waals surface area contributed by atoms with E-state index in [-0.39, 0.29) is 19.2 Å². The summed E-state index contributed by atoms with van der Waals surface area (Å²) < 4.78 is 5.42. The quantitative estimate of drug-likeness (QED) is 0.648. The van der Waals surface area contributed by atoms with Crippen LogP contribution in [0.5, 0.6) is 5.75 Å². The fourth-order valence-corrected chi connectivity index (χ4v) is 1.39. The van der Waals surface area contributed by atoms with Gasteiger partial charge in [-0.15, -0.1) is 6.58 Å². The van der Waals surface area contributed by atoms with Crippen LogP contribution in [0.1, 0.15) is 5.56 Å². The number of hydrogen-bond acceptors (Lipinski definition) is 3. The van der Waals surface area contributed by atoms with Crippen LogP contribution in [0.25, 0.3) is 0 Å². The van der Waals surface area contributed by atoms with Gasteiger partial charge in [0.1, 0.15) is 18.5 Å². The molecule has 1 aromatic rings.